The van der Waals surface area contributed by atoms with Crippen LogP contribution in [0.5, 0.6) is 5.75 Å². The van der Waals surface area contributed by atoms with Gasteiger partial charge in [0, 0.05) is 17.7 Å². The van der Waals surface area contributed by atoms with Crippen LogP contribution in [0.4, 0.5) is 31.1 Å². The third-order valence-corrected chi connectivity index (χ3v) is 5.97. The van der Waals surface area contributed by atoms with Crippen LogP contribution in [0.25, 0.3) is 0 Å². The molecular weight excluding hydrogens is 602 g/mol. The van der Waals surface area contributed by atoms with Gasteiger partial charge in [0.25, 0.3) is 0 Å². The van der Waals surface area contributed by atoms with Crippen LogP contribution in [0.3, 0.4) is 0 Å². The minimum atomic E-state index is -4.92. The van der Waals surface area contributed by atoms with Crippen molar-refractivity contribution in [2.75, 3.05) is 19.8 Å². The fourth-order valence-corrected chi connectivity index (χ4v) is 3.85. The molecule has 238 valence electrons. The molecule has 0 spiro atoms. The Bertz CT molecular complexity index is 1370. The summed E-state index contributed by atoms with van der Waals surface area (Å²) >= 11 is 0. The van der Waals surface area contributed by atoms with Crippen LogP contribution in [0.1, 0.15) is 48.4 Å². The summed E-state index contributed by atoms with van der Waals surface area (Å²) in [6.45, 7) is 1.14. The molecule has 16 heteroatoms. The van der Waals surface area contributed by atoms with Crippen molar-refractivity contribution >= 4 is 17.6 Å². The zero-order chi connectivity index (χ0) is 32.3. The van der Waals surface area contributed by atoms with E-state index in [1.165, 1.54) is 31.2 Å². The highest BCUT2D eigenvalue weighted by atomic mass is 19.4. The van der Waals surface area contributed by atoms with Gasteiger partial charge in [-0.1, -0.05) is 12.1 Å². The molecular formula is C28H28F6N4O6. The Hall–Kier alpha value is -4.36. The number of carbonyl (C=O) groups is 1. The quantitative estimate of drug-likeness (QED) is 0.0709. The van der Waals surface area contributed by atoms with Crippen LogP contribution in [0, 0.1) is 16.7 Å². The average Bonchev–Trinajstić information content (AvgIpc) is 2.98. The van der Waals surface area contributed by atoms with Crippen LogP contribution in [-0.2, 0) is 37.9 Å². The van der Waals surface area contributed by atoms with Crippen LogP contribution in [0.2, 0.25) is 0 Å². The number of carbonyl (C=O) groups excluding carboxylic acids is 1. The molecule has 3 rings (SSSR count). The maximum atomic E-state index is 13.4. The molecule has 2 N–H and O–H groups in total. The summed E-state index contributed by atoms with van der Waals surface area (Å²) in [6, 6.07) is 7.99. The molecule has 2 aromatic rings. The molecule has 0 saturated carbocycles. The number of nitrogens with zero attached hydrogens (tertiary/aromatic N) is 2. The Balaban J connectivity index is 1.56. The second-order valence-corrected chi connectivity index (χ2v) is 9.29. The van der Waals surface area contributed by atoms with E-state index in [0.29, 0.717) is 24.8 Å². The lowest BCUT2D eigenvalue weighted by atomic mass is 10.0. The first-order valence-corrected chi connectivity index (χ1v) is 13.2. The third kappa shape index (κ3) is 10.4. The zero-order valence-corrected chi connectivity index (χ0v) is 23.3. The SMILES string of the molecule is CC(N/N=C(/C#N)C(=N)c1cccc(OCc2cc(C(F)(F)F)ccc2C(F)(F)F)c1)OC(=O)OCCOC1CCCCO1. The molecule has 1 fully saturated rings. The van der Waals surface area contributed by atoms with Gasteiger partial charge in [0.2, 0.25) is 0 Å². The third-order valence-electron chi connectivity index (χ3n) is 5.97. The predicted molar refractivity (Wildman–Crippen MR) is 142 cm³/mol. The normalized spacial score (nSPS) is 16.4. The van der Waals surface area contributed by atoms with Crippen LogP contribution >= 0.6 is 0 Å². The number of benzene rings is 2. The summed E-state index contributed by atoms with van der Waals surface area (Å²) in [5, 5.41) is 21.5. The van der Waals surface area contributed by atoms with E-state index in [1.807, 2.05) is 0 Å². The maximum Gasteiger partial charge on any atom is 0.510 e. The molecule has 1 aliphatic heterocycles. The molecule has 2 aromatic carbocycles. The van der Waals surface area contributed by atoms with Gasteiger partial charge in [0.05, 0.1) is 23.4 Å². The summed E-state index contributed by atoms with van der Waals surface area (Å²) in [5.74, 6) is -0.0819. The number of nitrogens with one attached hydrogen (secondary N) is 2. The Morgan fingerprint density at radius 2 is 1.91 bits per heavy atom. The molecule has 0 amide bonds. The summed E-state index contributed by atoms with van der Waals surface area (Å²) in [5.41, 5.74) is -1.76. The van der Waals surface area contributed by atoms with Gasteiger partial charge in [0.15, 0.2) is 18.2 Å². The van der Waals surface area contributed by atoms with E-state index < -0.39 is 59.5 Å². The largest absolute Gasteiger partial charge is 0.510 e. The minimum absolute atomic E-state index is 0.0552. The lowest BCUT2D eigenvalue weighted by Crippen LogP contribution is -2.30. The van der Waals surface area contributed by atoms with Crippen molar-refractivity contribution in [3.05, 3.63) is 64.7 Å². The van der Waals surface area contributed by atoms with Crippen molar-refractivity contribution in [1.29, 1.82) is 10.7 Å². The first kappa shape index (κ1) is 34.1. The van der Waals surface area contributed by atoms with Gasteiger partial charge >= 0.3 is 18.5 Å². The van der Waals surface area contributed by atoms with Crippen molar-refractivity contribution in [2.45, 2.75) is 57.7 Å². The number of hydrazone groups is 1. The Morgan fingerprint density at radius 1 is 1.14 bits per heavy atom. The lowest BCUT2D eigenvalue weighted by molar-refractivity contribution is -0.167. The minimum Gasteiger partial charge on any atom is -0.489 e. The van der Waals surface area contributed by atoms with E-state index in [4.69, 9.17) is 29.1 Å². The standard InChI is InChI=1S/C28H28F6N4O6/c1-17(44-26(39)42-12-11-41-24-7-2-3-10-40-24)37-38-23(15-35)25(36)18-5-4-6-21(14-18)43-16-19-13-20(27(29,30)31)8-9-22(19)28(32,33)34/h4-6,8-9,13-14,17,24,36-37H,2-3,7,10-12,16H2,1H3/b36-25?,38-23-. The molecule has 1 heterocycles. The number of ether oxygens (including phenoxy) is 5. The zero-order valence-electron chi connectivity index (χ0n) is 23.3. The number of halogens is 6. The van der Waals surface area contributed by atoms with Crippen LogP contribution in [-0.4, -0.2) is 49.9 Å². The van der Waals surface area contributed by atoms with Gasteiger partial charge in [-0.15, -0.1) is 0 Å². The summed E-state index contributed by atoms with van der Waals surface area (Å²) < 4.78 is 105. The van der Waals surface area contributed by atoms with E-state index in [2.05, 4.69) is 10.5 Å². The monoisotopic (exact) mass is 630 g/mol. The summed E-state index contributed by atoms with van der Waals surface area (Å²) in [7, 11) is 0. The molecule has 1 saturated heterocycles. The molecule has 0 radical (unpaired) electrons. The topological polar surface area (TPSA) is 135 Å². The second kappa shape index (κ2) is 15.4. The summed E-state index contributed by atoms with van der Waals surface area (Å²) in [6.07, 6.45) is -9.56. The molecule has 0 bridgehead atoms. The first-order chi connectivity index (χ1) is 20.8. The molecule has 10 nitrogen and oxygen atoms in total. The number of hydrogen-bond donors (Lipinski definition) is 2. The van der Waals surface area contributed by atoms with Crippen molar-refractivity contribution in [3.8, 4) is 11.8 Å². The highest BCUT2D eigenvalue weighted by Crippen LogP contribution is 2.37. The number of alkyl halides is 6. The van der Waals surface area contributed by atoms with Gasteiger partial charge < -0.3 is 23.7 Å². The van der Waals surface area contributed by atoms with Crippen molar-refractivity contribution in [1.82, 2.24) is 5.43 Å². The van der Waals surface area contributed by atoms with Gasteiger partial charge in [-0.25, -0.2) is 4.79 Å². The van der Waals surface area contributed by atoms with Gasteiger partial charge in [-0.05, 0) is 56.5 Å². The fourth-order valence-electron chi connectivity index (χ4n) is 3.85. The average molecular weight is 631 g/mol. The van der Waals surface area contributed by atoms with Crippen LogP contribution < -0.4 is 10.2 Å². The highest BCUT2D eigenvalue weighted by Gasteiger charge is 2.37. The predicted octanol–water partition coefficient (Wildman–Crippen LogP) is 6.18. The number of hydrogen-bond acceptors (Lipinski definition) is 10. The molecule has 0 aromatic heterocycles. The first-order valence-electron chi connectivity index (χ1n) is 13.2. The fraction of sp³-hybridized carbons (Fsp3) is 0.429. The lowest BCUT2D eigenvalue weighted by Gasteiger charge is -2.22. The molecule has 2 unspecified atom stereocenters. The van der Waals surface area contributed by atoms with E-state index in [0.717, 1.165) is 19.3 Å². The Morgan fingerprint density at radius 3 is 2.57 bits per heavy atom. The summed E-state index contributed by atoms with van der Waals surface area (Å²) in [4.78, 5) is 11.9. The Kier molecular flexibility index (Phi) is 11.9. The van der Waals surface area contributed by atoms with Crippen LogP contribution in [0.15, 0.2) is 47.6 Å². The highest BCUT2D eigenvalue weighted by molar-refractivity contribution is 6.52. The van der Waals surface area contributed by atoms with E-state index in [1.54, 1.807) is 6.07 Å². The van der Waals surface area contributed by atoms with Crippen molar-refractivity contribution in [2.24, 2.45) is 5.10 Å². The molecule has 1 aliphatic rings. The van der Waals surface area contributed by atoms with E-state index >= 15 is 0 Å². The van der Waals surface area contributed by atoms with Gasteiger partial charge in [-0.3, -0.25) is 10.8 Å². The maximum absolute atomic E-state index is 13.4. The molecule has 44 heavy (non-hydrogen) atoms. The number of rotatable bonds is 12. The number of nitriles is 1. The van der Waals surface area contributed by atoms with Crippen molar-refractivity contribution < 1.29 is 54.8 Å². The van der Waals surface area contributed by atoms with Gasteiger partial charge in [0.1, 0.15) is 25.0 Å². The van der Waals surface area contributed by atoms with E-state index in [9.17, 15) is 36.4 Å². The molecule has 2 atom stereocenters. The van der Waals surface area contributed by atoms with Gasteiger partial charge in [-0.2, -0.15) is 36.7 Å². The Labute approximate surface area is 248 Å². The second-order valence-electron chi connectivity index (χ2n) is 9.29. The smallest absolute Gasteiger partial charge is 0.489 e. The van der Waals surface area contributed by atoms with Crippen molar-refractivity contribution in [3.63, 3.8) is 0 Å². The van der Waals surface area contributed by atoms with E-state index in [-0.39, 0.29) is 30.8 Å². The molecule has 0 aliphatic carbocycles.